The Hall–Kier alpha value is -1.81. The van der Waals surface area contributed by atoms with E-state index in [0.29, 0.717) is 10.7 Å². The second kappa shape index (κ2) is 5.92. The number of rotatable bonds is 3. The average molecular weight is 240 g/mol. The zero-order valence-corrected chi connectivity index (χ0v) is 9.32. The normalized spacial score (nSPS) is 10.1. The number of amides is 1. The van der Waals surface area contributed by atoms with Crippen LogP contribution in [0.25, 0.3) is 0 Å². The number of halogens is 1. The number of esters is 1. The van der Waals surface area contributed by atoms with Crippen molar-refractivity contribution in [2.45, 2.75) is 0 Å². The van der Waals surface area contributed by atoms with E-state index in [1.54, 1.807) is 24.3 Å². The highest BCUT2D eigenvalue weighted by Gasteiger charge is 1.99. The molecule has 0 aliphatic carbocycles. The van der Waals surface area contributed by atoms with Gasteiger partial charge in [0.05, 0.1) is 7.11 Å². The third-order valence-corrected chi connectivity index (χ3v) is 1.94. The Morgan fingerprint density at radius 2 is 1.88 bits per heavy atom. The molecule has 1 aromatic carbocycles. The van der Waals surface area contributed by atoms with Gasteiger partial charge in [0, 0.05) is 22.9 Å². The molecule has 5 heteroatoms. The molecule has 4 nitrogen and oxygen atoms in total. The first-order valence-corrected chi connectivity index (χ1v) is 4.82. The van der Waals surface area contributed by atoms with E-state index in [2.05, 4.69) is 10.1 Å². The highest BCUT2D eigenvalue weighted by atomic mass is 35.5. The van der Waals surface area contributed by atoms with Gasteiger partial charge in [-0.2, -0.15) is 0 Å². The number of nitrogens with one attached hydrogen (secondary N) is 1. The van der Waals surface area contributed by atoms with Crippen molar-refractivity contribution in [1.82, 2.24) is 0 Å². The van der Waals surface area contributed by atoms with Crippen molar-refractivity contribution < 1.29 is 14.3 Å². The number of carbonyl (C=O) groups excluding carboxylic acids is 2. The quantitative estimate of drug-likeness (QED) is 0.648. The summed E-state index contributed by atoms with van der Waals surface area (Å²) in [5.74, 6) is -0.987. The van der Waals surface area contributed by atoms with Crippen molar-refractivity contribution in [3.8, 4) is 0 Å². The van der Waals surface area contributed by atoms with Gasteiger partial charge in [0.15, 0.2) is 0 Å². The largest absolute Gasteiger partial charge is 0.466 e. The molecule has 0 atom stereocenters. The lowest BCUT2D eigenvalue weighted by molar-refractivity contribution is -0.135. The predicted molar refractivity (Wildman–Crippen MR) is 61.2 cm³/mol. The minimum Gasteiger partial charge on any atom is -0.466 e. The van der Waals surface area contributed by atoms with Gasteiger partial charge in [-0.1, -0.05) is 11.6 Å². The van der Waals surface area contributed by atoms with Gasteiger partial charge in [0.2, 0.25) is 5.91 Å². The molecule has 0 saturated carbocycles. The molecule has 0 aromatic heterocycles. The van der Waals surface area contributed by atoms with E-state index in [1.807, 2.05) is 0 Å². The van der Waals surface area contributed by atoms with Gasteiger partial charge in [-0.05, 0) is 24.3 Å². The average Bonchev–Trinajstić information content (AvgIpc) is 2.29. The van der Waals surface area contributed by atoms with Crippen LogP contribution in [0.4, 0.5) is 5.69 Å². The fraction of sp³-hybridized carbons (Fsp3) is 0.0909. The zero-order chi connectivity index (χ0) is 12.0. The smallest absolute Gasteiger partial charge is 0.330 e. The Balaban J connectivity index is 2.55. The lowest BCUT2D eigenvalue weighted by Gasteiger charge is -2.01. The summed E-state index contributed by atoms with van der Waals surface area (Å²) in [5.41, 5.74) is 0.601. The zero-order valence-electron chi connectivity index (χ0n) is 8.57. The molecular weight excluding hydrogens is 230 g/mol. The number of anilines is 1. The monoisotopic (exact) mass is 239 g/mol. The van der Waals surface area contributed by atoms with E-state index in [4.69, 9.17) is 11.6 Å². The van der Waals surface area contributed by atoms with Crippen molar-refractivity contribution in [3.63, 3.8) is 0 Å². The molecule has 0 aliphatic heterocycles. The summed E-state index contributed by atoms with van der Waals surface area (Å²) in [6, 6.07) is 6.63. The van der Waals surface area contributed by atoms with Gasteiger partial charge < -0.3 is 10.1 Å². The Kier molecular flexibility index (Phi) is 4.54. The second-order valence-electron chi connectivity index (χ2n) is 2.85. The summed E-state index contributed by atoms with van der Waals surface area (Å²) in [6.45, 7) is 0. The number of hydrogen-bond acceptors (Lipinski definition) is 3. The molecule has 0 fully saturated rings. The third kappa shape index (κ3) is 4.14. The van der Waals surface area contributed by atoms with E-state index < -0.39 is 11.9 Å². The van der Waals surface area contributed by atoms with Crippen LogP contribution in [0.15, 0.2) is 36.4 Å². The van der Waals surface area contributed by atoms with Crippen molar-refractivity contribution in [2.24, 2.45) is 0 Å². The Morgan fingerprint density at radius 1 is 1.25 bits per heavy atom. The minimum absolute atomic E-state index is 0.410. The lowest BCUT2D eigenvalue weighted by Crippen LogP contribution is -2.08. The predicted octanol–water partition coefficient (Wildman–Crippen LogP) is 2.01. The van der Waals surface area contributed by atoms with Gasteiger partial charge in [0.25, 0.3) is 0 Å². The number of benzene rings is 1. The molecule has 0 heterocycles. The molecule has 0 unspecified atom stereocenters. The second-order valence-corrected chi connectivity index (χ2v) is 3.29. The highest BCUT2D eigenvalue weighted by Crippen LogP contribution is 2.13. The first-order chi connectivity index (χ1) is 7.61. The van der Waals surface area contributed by atoms with Crippen molar-refractivity contribution in [1.29, 1.82) is 0 Å². The first-order valence-electron chi connectivity index (χ1n) is 4.44. The summed E-state index contributed by atoms with van der Waals surface area (Å²) in [4.78, 5) is 22.0. The number of carbonyl (C=O) groups is 2. The highest BCUT2D eigenvalue weighted by molar-refractivity contribution is 6.30. The van der Waals surface area contributed by atoms with Crippen molar-refractivity contribution >= 4 is 29.2 Å². The van der Waals surface area contributed by atoms with Crippen LogP contribution in [0.3, 0.4) is 0 Å². The number of ether oxygens (including phenoxy) is 1. The summed E-state index contributed by atoms with van der Waals surface area (Å²) in [5, 5.41) is 3.14. The third-order valence-electron chi connectivity index (χ3n) is 1.68. The minimum atomic E-state index is -0.578. The maximum absolute atomic E-state index is 11.3. The Labute approximate surface area is 97.9 Å². The Morgan fingerprint density at radius 3 is 2.44 bits per heavy atom. The van der Waals surface area contributed by atoms with Crippen LogP contribution in [-0.4, -0.2) is 19.0 Å². The fourth-order valence-electron chi connectivity index (χ4n) is 0.929. The maximum Gasteiger partial charge on any atom is 0.330 e. The molecular formula is C11H10ClNO3. The standard InChI is InChI=1S/C11H10ClNO3/c1-16-11(15)7-6-10(14)13-9-4-2-8(12)3-5-9/h2-7H,1H3,(H,13,14)/b7-6-. The summed E-state index contributed by atoms with van der Waals surface area (Å²) in [7, 11) is 1.24. The van der Waals surface area contributed by atoms with Gasteiger partial charge in [-0.15, -0.1) is 0 Å². The van der Waals surface area contributed by atoms with Crippen molar-refractivity contribution in [3.05, 3.63) is 41.4 Å². The van der Waals surface area contributed by atoms with Gasteiger partial charge in [0.1, 0.15) is 0 Å². The van der Waals surface area contributed by atoms with Crippen LogP contribution in [0.2, 0.25) is 5.02 Å². The SMILES string of the molecule is COC(=O)/C=C\C(=O)Nc1ccc(Cl)cc1. The Bertz CT molecular complexity index is 412. The van der Waals surface area contributed by atoms with Gasteiger partial charge in [-0.25, -0.2) is 4.79 Å². The molecule has 0 bridgehead atoms. The molecule has 1 amide bonds. The van der Waals surface area contributed by atoms with Crippen molar-refractivity contribution in [2.75, 3.05) is 12.4 Å². The van der Waals surface area contributed by atoms with Crippen LogP contribution in [0.5, 0.6) is 0 Å². The molecule has 1 aromatic rings. The van der Waals surface area contributed by atoms with E-state index in [1.165, 1.54) is 7.11 Å². The van der Waals surface area contributed by atoms with E-state index in [-0.39, 0.29) is 0 Å². The molecule has 84 valence electrons. The van der Waals surface area contributed by atoms with Gasteiger partial charge in [-0.3, -0.25) is 4.79 Å². The van der Waals surface area contributed by atoms with Crippen LogP contribution in [-0.2, 0) is 14.3 Å². The van der Waals surface area contributed by atoms with Crippen LogP contribution in [0.1, 0.15) is 0 Å². The molecule has 1 rings (SSSR count). The summed E-state index contributed by atoms with van der Waals surface area (Å²) >= 11 is 5.68. The van der Waals surface area contributed by atoms with Crippen LogP contribution in [0, 0.1) is 0 Å². The molecule has 16 heavy (non-hydrogen) atoms. The maximum atomic E-state index is 11.3. The summed E-state index contributed by atoms with van der Waals surface area (Å²) < 4.78 is 4.34. The number of methoxy groups -OCH3 is 1. The molecule has 1 N–H and O–H groups in total. The lowest BCUT2D eigenvalue weighted by atomic mass is 10.3. The molecule has 0 radical (unpaired) electrons. The molecule has 0 saturated heterocycles. The number of hydrogen-bond donors (Lipinski definition) is 1. The van der Waals surface area contributed by atoms with E-state index >= 15 is 0 Å². The van der Waals surface area contributed by atoms with E-state index in [9.17, 15) is 9.59 Å². The summed E-state index contributed by atoms with van der Waals surface area (Å²) in [6.07, 6.45) is 2.14. The fourth-order valence-corrected chi connectivity index (χ4v) is 1.05. The van der Waals surface area contributed by atoms with Crippen LogP contribution < -0.4 is 5.32 Å². The van der Waals surface area contributed by atoms with Crippen LogP contribution >= 0.6 is 11.6 Å². The molecule has 0 spiro atoms. The topological polar surface area (TPSA) is 55.4 Å². The van der Waals surface area contributed by atoms with Gasteiger partial charge >= 0.3 is 5.97 Å². The van der Waals surface area contributed by atoms with E-state index in [0.717, 1.165) is 12.2 Å². The molecule has 0 aliphatic rings. The first kappa shape index (κ1) is 12.3.